The number of primary amides is 1. The number of rotatable bonds is 10. The second-order valence-corrected chi connectivity index (χ2v) is 8.06. The molecule has 0 bridgehead atoms. The average molecular weight is 472 g/mol. The van der Waals surface area contributed by atoms with Gasteiger partial charge in [-0.3, -0.25) is 4.79 Å². The van der Waals surface area contributed by atoms with Crippen LogP contribution in [0.4, 0.5) is 5.69 Å². The number of aliphatic hydroxyl groups excluding tert-OH is 1. The van der Waals surface area contributed by atoms with Gasteiger partial charge in [-0.25, -0.2) is 4.99 Å². The van der Waals surface area contributed by atoms with Crippen LogP contribution >= 0.6 is 0 Å². The summed E-state index contributed by atoms with van der Waals surface area (Å²) in [4.78, 5) is 20.7. The molecule has 3 aromatic carbocycles. The first-order valence-electron chi connectivity index (χ1n) is 11.2. The van der Waals surface area contributed by atoms with Gasteiger partial charge >= 0.3 is 0 Å². The predicted molar refractivity (Wildman–Crippen MR) is 131 cm³/mol. The van der Waals surface area contributed by atoms with E-state index in [-0.39, 0.29) is 18.9 Å². The van der Waals surface area contributed by atoms with Gasteiger partial charge in [-0.15, -0.1) is 0 Å². The summed E-state index contributed by atoms with van der Waals surface area (Å²) in [7, 11) is 0. The van der Waals surface area contributed by atoms with Crippen LogP contribution in [0.25, 0.3) is 10.4 Å². The summed E-state index contributed by atoms with van der Waals surface area (Å²) >= 11 is 0. The highest BCUT2D eigenvalue weighted by molar-refractivity contribution is 6.00. The van der Waals surface area contributed by atoms with E-state index >= 15 is 0 Å². The molecule has 35 heavy (non-hydrogen) atoms. The Hall–Kier alpha value is -4.33. The molecule has 3 N–H and O–H groups in total. The summed E-state index contributed by atoms with van der Waals surface area (Å²) < 4.78 is 11.9. The Morgan fingerprint density at radius 2 is 1.83 bits per heavy atom. The van der Waals surface area contributed by atoms with Gasteiger partial charge in [0.05, 0.1) is 6.61 Å². The maximum Gasteiger partial charge on any atom is 0.250 e. The Morgan fingerprint density at radius 3 is 2.51 bits per heavy atom. The second-order valence-electron chi connectivity index (χ2n) is 8.06. The molecule has 0 aromatic heterocycles. The molecule has 0 radical (unpaired) electrons. The zero-order valence-corrected chi connectivity index (χ0v) is 18.9. The lowest BCUT2D eigenvalue weighted by Gasteiger charge is -2.29. The second kappa shape index (κ2) is 10.7. The average Bonchev–Trinajstić information content (AvgIpc) is 3.27. The fraction of sp³-hybridized carbons (Fsp3) is 0.231. The minimum atomic E-state index is -1.46. The molecule has 0 unspecified atom stereocenters. The molecule has 1 heterocycles. The molecule has 3 aromatic rings. The molecule has 0 saturated carbocycles. The van der Waals surface area contributed by atoms with E-state index in [1.54, 1.807) is 48.5 Å². The number of carbonyl (C=O) groups excluding carboxylic acids is 1. The van der Waals surface area contributed by atoms with Crippen LogP contribution in [-0.2, 0) is 16.0 Å². The molecule has 178 valence electrons. The van der Waals surface area contributed by atoms with E-state index in [1.165, 1.54) is 0 Å². The standard InChI is InChI=1S/C26H25N5O4/c27-25(33)26(17-20-9-4-5-10-22(20)30-31-28)23(18-7-2-1-3-8-18)35-24(29-26)19-11-13-21(14-12-19)34-16-6-15-32/h1-5,7-14,23,32H,6,15-17H2,(H2,27,33)/t23-,26-/m1/s1. The highest BCUT2D eigenvalue weighted by atomic mass is 16.5. The van der Waals surface area contributed by atoms with E-state index in [1.807, 2.05) is 30.3 Å². The molecule has 0 spiro atoms. The SMILES string of the molecule is [N-]=[N+]=Nc1ccccc1C[C@@]1(C(N)=O)N=C(c2ccc(OCCCO)cc2)O[C@@H]1c1ccccc1. The number of carbonyl (C=O) groups is 1. The van der Waals surface area contributed by atoms with Crippen molar-refractivity contribution >= 4 is 17.5 Å². The first-order chi connectivity index (χ1) is 17.1. The van der Waals surface area contributed by atoms with Crippen LogP contribution in [0.5, 0.6) is 5.75 Å². The number of aliphatic imine (C=N–C) groups is 1. The third-order valence-corrected chi connectivity index (χ3v) is 5.77. The van der Waals surface area contributed by atoms with Gasteiger partial charge in [0.15, 0.2) is 11.6 Å². The molecule has 0 fully saturated rings. The Morgan fingerprint density at radius 1 is 1.11 bits per heavy atom. The first kappa shape index (κ1) is 23.8. The van der Waals surface area contributed by atoms with Gasteiger partial charge in [0.1, 0.15) is 5.75 Å². The number of ether oxygens (including phenoxy) is 2. The van der Waals surface area contributed by atoms with Crippen molar-refractivity contribution in [2.75, 3.05) is 13.2 Å². The first-order valence-corrected chi connectivity index (χ1v) is 11.2. The van der Waals surface area contributed by atoms with Crippen LogP contribution in [0, 0.1) is 0 Å². The third kappa shape index (κ3) is 5.11. The molecule has 1 amide bonds. The van der Waals surface area contributed by atoms with Crippen molar-refractivity contribution < 1.29 is 19.4 Å². The van der Waals surface area contributed by atoms with Gasteiger partial charge < -0.3 is 20.3 Å². The van der Waals surface area contributed by atoms with Crippen LogP contribution < -0.4 is 10.5 Å². The summed E-state index contributed by atoms with van der Waals surface area (Å²) in [6.45, 7) is 0.459. The van der Waals surface area contributed by atoms with Crippen molar-refractivity contribution in [1.82, 2.24) is 0 Å². The van der Waals surface area contributed by atoms with Gasteiger partial charge in [0.25, 0.3) is 0 Å². The molecule has 0 saturated heterocycles. The molecule has 1 aliphatic heterocycles. The van der Waals surface area contributed by atoms with Crippen molar-refractivity contribution in [1.29, 1.82) is 0 Å². The maximum atomic E-state index is 13.0. The molecule has 2 atom stereocenters. The lowest BCUT2D eigenvalue weighted by atomic mass is 9.82. The van der Waals surface area contributed by atoms with E-state index in [2.05, 4.69) is 10.0 Å². The zero-order chi connectivity index (χ0) is 24.7. The van der Waals surface area contributed by atoms with E-state index < -0.39 is 17.6 Å². The highest BCUT2D eigenvalue weighted by Gasteiger charge is 2.52. The summed E-state index contributed by atoms with van der Waals surface area (Å²) in [5.74, 6) is 0.270. The van der Waals surface area contributed by atoms with E-state index in [0.717, 1.165) is 5.56 Å². The molecule has 1 aliphatic rings. The molecule has 9 nitrogen and oxygen atoms in total. The topological polar surface area (TPSA) is 143 Å². The van der Waals surface area contributed by atoms with Crippen molar-refractivity contribution in [3.8, 4) is 5.75 Å². The number of amides is 1. The number of nitrogens with two attached hydrogens (primary N) is 1. The molecule has 0 aliphatic carbocycles. The van der Waals surface area contributed by atoms with Gasteiger partial charge in [-0.1, -0.05) is 59.7 Å². The largest absolute Gasteiger partial charge is 0.494 e. The zero-order valence-electron chi connectivity index (χ0n) is 18.9. The number of azide groups is 1. The van der Waals surface area contributed by atoms with Gasteiger partial charge in [-0.05, 0) is 40.9 Å². The van der Waals surface area contributed by atoms with Gasteiger partial charge in [-0.2, -0.15) is 0 Å². The van der Waals surface area contributed by atoms with Crippen LogP contribution in [0.3, 0.4) is 0 Å². The third-order valence-electron chi connectivity index (χ3n) is 5.77. The van der Waals surface area contributed by atoms with Gasteiger partial charge in [0.2, 0.25) is 11.8 Å². The van der Waals surface area contributed by atoms with Crippen LogP contribution in [0.1, 0.15) is 29.2 Å². The number of nitrogens with zero attached hydrogens (tertiary/aromatic N) is 4. The van der Waals surface area contributed by atoms with Crippen LogP contribution in [0.15, 0.2) is 89.0 Å². The number of hydrogen-bond acceptors (Lipinski definition) is 6. The smallest absolute Gasteiger partial charge is 0.250 e. The minimum Gasteiger partial charge on any atom is -0.494 e. The highest BCUT2D eigenvalue weighted by Crippen LogP contribution is 2.43. The number of aliphatic hydroxyl groups is 1. The van der Waals surface area contributed by atoms with E-state index in [4.69, 9.17) is 30.8 Å². The number of hydrogen-bond donors (Lipinski definition) is 2. The van der Waals surface area contributed by atoms with Crippen molar-refractivity contribution in [2.24, 2.45) is 15.8 Å². The molecular formula is C26H25N5O4. The van der Waals surface area contributed by atoms with E-state index in [0.29, 0.717) is 35.6 Å². The van der Waals surface area contributed by atoms with E-state index in [9.17, 15) is 4.79 Å². The predicted octanol–water partition coefficient (Wildman–Crippen LogP) is 4.37. The van der Waals surface area contributed by atoms with Crippen molar-refractivity contribution in [2.45, 2.75) is 24.5 Å². The molecule has 9 heteroatoms. The summed E-state index contributed by atoms with van der Waals surface area (Å²) in [5, 5.41) is 12.7. The lowest BCUT2D eigenvalue weighted by molar-refractivity contribution is -0.125. The normalized spacial score (nSPS) is 18.8. The monoisotopic (exact) mass is 471 g/mol. The summed E-state index contributed by atoms with van der Waals surface area (Å²) in [6, 6.07) is 23.4. The summed E-state index contributed by atoms with van der Waals surface area (Å²) in [5.41, 5.74) is 15.9. The number of benzene rings is 3. The Bertz CT molecular complexity index is 1260. The minimum absolute atomic E-state index is 0.0572. The van der Waals surface area contributed by atoms with Gasteiger partial charge in [0, 0.05) is 35.6 Å². The van der Waals surface area contributed by atoms with Crippen molar-refractivity contribution in [3.05, 3.63) is 106 Å². The Kier molecular flexibility index (Phi) is 7.30. The molecular weight excluding hydrogens is 446 g/mol. The van der Waals surface area contributed by atoms with Crippen LogP contribution in [-0.4, -0.2) is 35.7 Å². The fourth-order valence-corrected chi connectivity index (χ4v) is 4.03. The molecule has 4 rings (SSSR count). The maximum absolute atomic E-state index is 13.0. The van der Waals surface area contributed by atoms with Crippen molar-refractivity contribution in [3.63, 3.8) is 0 Å². The lowest BCUT2D eigenvalue weighted by Crippen LogP contribution is -2.47. The fourth-order valence-electron chi connectivity index (χ4n) is 4.03. The quantitative estimate of drug-likeness (QED) is 0.196. The summed E-state index contributed by atoms with van der Waals surface area (Å²) in [6.07, 6.45) is -0.159. The Labute approximate surface area is 202 Å². The van der Waals surface area contributed by atoms with Crippen LogP contribution in [0.2, 0.25) is 0 Å². The Balaban J connectivity index is 1.75.